The van der Waals surface area contributed by atoms with Crippen LogP contribution in [0.3, 0.4) is 0 Å². The highest BCUT2D eigenvalue weighted by Gasteiger charge is 2.14. The van der Waals surface area contributed by atoms with Crippen molar-refractivity contribution in [1.29, 1.82) is 0 Å². The molecule has 2 nitrogen and oxygen atoms in total. The first kappa shape index (κ1) is 11.3. The third-order valence-electron chi connectivity index (χ3n) is 2.77. The number of ether oxygens (including phenoxy) is 1. The summed E-state index contributed by atoms with van der Waals surface area (Å²) in [6.07, 6.45) is 2.15. The van der Waals surface area contributed by atoms with E-state index >= 15 is 0 Å². The topological polar surface area (TPSA) is 21.3 Å². The fraction of sp³-hybridized carbons (Fsp3) is 0.500. The van der Waals surface area contributed by atoms with Crippen LogP contribution in [0, 0.1) is 17.6 Å². The van der Waals surface area contributed by atoms with Gasteiger partial charge >= 0.3 is 0 Å². The molecule has 0 spiro atoms. The third-order valence-corrected chi connectivity index (χ3v) is 2.77. The Balaban J connectivity index is 1.88. The Morgan fingerprint density at radius 2 is 2.25 bits per heavy atom. The van der Waals surface area contributed by atoms with Crippen molar-refractivity contribution < 1.29 is 13.5 Å². The number of anilines is 1. The summed E-state index contributed by atoms with van der Waals surface area (Å²) in [5.74, 6) is -0.681. The van der Waals surface area contributed by atoms with Crippen molar-refractivity contribution in [2.24, 2.45) is 5.92 Å². The van der Waals surface area contributed by atoms with Crippen LogP contribution >= 0.6 is 0 Å². The molecule has 88 valence electrons. The lowest BCUT2D eigenvalue weighted by molar-refractivity contribution is 0.0595. The fourth-order valence-corrected chi connectivity index (χ4v) is 1.86. The van der Waals surface area contributed by atoms with Gasteiger partial charge in [0.2, 0.25) is 0 Å². The summed E-state index contributed by atoms with van der Waals surface area (Å²) in [6, 6.07) is 3.57. The predicted octanol–water partition coefficient (Wildman–Crippen LogP) is 2.80. The molecular formula is C12H15F2NO. The van der Waals surface area contributed by atoms with Crippen molar-refractivity contribution in [3.8, 4) is 0 Å². The van der Waals surface area contributed by atoms with E-state index in [2.05, 4.69) is 5.32 Å². The lowest BCUT2D eigenvalue weighted by Crippen LogP contribution is -2.24. The van der Waals surface area contributed by atoms with Crippen LogP contribution in [0.2, 0.25) is 0 Å². The summed E-state index contributed by atoms with van der Waals surface area (Å²) in [4.78, 5) is 0. The number of rotatable bonds is 3. The molecule has 2 rings (SSSR count). The Morgan fingerprint density at radius 1 is 1.38 bits per heavy atom. The van der Waals surface area contributed by atoms with Crippen LogP contribution < -0.4 is 5.32 Å². The quantitative estimate of drug-likeness (QED) is 0.857. The molecule has 1 fully saturated rings. The van der Waals surface area contributed by atoms with E-state index in [1.54, 1.807) is 0 Å². The first-order chi connectivity index (χ1) is 7.75. The van der Waals surface area contributed by atoms with Crippen molar-refractivity contribution in [1.82, 2.24) is 0 Å². The highest BCUT2D eigenvalue weighted by Crippen LogP contribution is 2.18. The van der Waals surface area contributed by atoms with Crippen molar-refractivity contribution >= 4 is 5.69 Å². The second-order valence-electron chi connectivity index (χ2n) is 4.09. The normalized spacial score (nSPS) is 20.8. The maximum absolute atomic E-state index is 13.3. The van der Waals surface area contributed by atoms with Crippen LogP contribution in [0.1, 0.15) is 12.8 Å². The van der Waals surface area contributed by atoms with Crippen molar-refractivity contribution in [2.75, 3.05) is 25.1 Å². The van der Waals surface area contributed by atoms with Gasteiger partial charge in [-0.05, 0) is 30.9 Å². The monoisotopic (exact) mass is 227 g/mol. The Kier molecular flexibility index (Phi) is 3.72. The Hall–Kier alpha value is -1.16. The van der Waals surface area contributed by atoms with Gasteiger partial charge in [-0.15, -0.1) is 0 Å². The molecule has 16 heavy (non-hydrogen) atoms. The summed E-state index contributed by atoms with van der Waals surface area (Å²) < 4.78 is 31.3. The van der Waals surface area contributed by atoms with Gasteiger partial charge < -0.3 is 10.1 Å². The van der Waals surface area contributed by atoms with Gasteiger partial charge in [0.15, 0.2) is 0 Å². The number of hydrogen-bond acceptors (Lipinski definition) is 2. The number of nitrogens with one attached hydrogen (secondary N) is 1. The highest BCUT2D eigenvalue weighted by atomic mass is 19.1. The SMILES string of the molecule is Fc1ccc(NCC2CCCOC2)c(F)c1. The molecule has 1 atom stereocenters. The van der Waals surface area contributed by atoms with E-state index in [0.717, 1.165) is 32.1 Å². The van der Waals surface area contributed by atoms with E-state index < -0.39 is 11.6 Å². The lowest BCUT2D eigenvalue weighted by atomic mass is 10.0. The predicted molar refractivity (Wildman–Crippen MR) is 58.4 cm³/mol. The Bertz CT molecular complexity index is 351. The van der Waals surface area contributed by atoms with Crippen molar-refractivity contribution in [2.45, 2.75) is 12.8 Å². The molecule has 0 saturated carbocycles. The molecule has 1 saturated heterocycles. The van der Waals surface area contributed by atoms with Crippen molar-refractivity contribution in [3.63, 3.8) is 0 Å². The van der Waals surface area contributed by atoms with Gasteiger partial charge in [0, 0.05) is 19.2 Å². The first-order valence-corrected chi connectivity index (χ1v) is 5.52. The molecule has 1 aromatic carbocycles. The van der Waals surface area contributed by atoms with E-state index in [1.165, 1.54) is 12.1 Å². The summed E-state index contributed by atoms with van der Waals surface area (Å²) in [7, 11) is 0. The zero-order valence-corrected chi connectivity index (χ0v) is 9.01. The molecule has 1 aliphatic heterocycles. The zero-order chi connectivity index (χ0) is 11.4. The highest BCUT2D eigenvalue weighted by molar-refractivity contribution is 5.44. The van der Waals surface area contributed by atoms with Crippen LogP contribution in [-0.2, 0) is 4.74 Å². The minimum atomic E-state index is -0.552. The van der Waals surface area contributed by atoms with E-state index in [0.29, 0.717) is 18.2 Å². The van der Waals surface area contributed by atoms with Gasteiger partial charge in [0.1, 0.15) is 11.6 Å². The van der Waals surface area contributed by atoms with Gasteiger partial charge in [0.05, 0.1) is 12.3 Å². The molecule has 0 radical (unpaired) electrons. The lowest BCUT2D eigenvalue weighted by Gasteiger charge is -2.22. The average Bonchev–Trinajstić information content (AvgIpc) is 2.29. The molecule has 0 amide bonds. The molecule has 1 N–H and O–H groups in total. The van der Waals surface area contributed by atoms with Crippen LogP contribution in [-0.4, -0.2) is 19.8 Å². The van der Waals surface area contributed by atoms with E-state index in [9.17, 15) is 8.78 Å². The van der Waals surface area contributed by atoms with E-state index in [-0.39, 0.29) is 0 Å². The van der Waals surface area contributed by atoms with Gasteiger partial charge in [-0.3, -0.25) is 0 Å². The largest absolute Gasteiger partial charge is 0.382 e. The smallest absolute Gasteiger partial charge is 0.149 e. The number of hydrogen-bond donors (Lipinski definition) is 1. The number of halogens is 2. The third kappa shape index (κ3) is 2.92. The minimum absolute atomic E-state index is 0.354. The maximum Gasteiger partial charge on any atom is 0.149 e. The molecule has 1 unspecified atom stereocenters. The summed E-state index contributed by atoms with van der Waals surface area (Å²) in [5.41, 5.74) is 0.354. The molecule has 4 heteroatoms. The molecular weight excluding hydrogens is 212 g/mol. The fourth-order valence-electron chi connectivity index (χ4n) is 1.86. The standard InChI is InChI=1S/C12H15F2NO/c13-10-3-4-12(11(14)6-10)15-7-9-2-1-5-16-8-9/h3-4,6,9,15H,1-2,5,7-8H2. The minimum Gasteiger partial charge on any atom is -0.382 e. The molecule has 0 aromatic heterocycles. The van der Waals surface area contributed by atoms with Crippen LogP contribution in [0.5, 0.6) is 0 Å². The van der Waals surface area contributed by atoms with Gasteiger partial charge in [-0.1, -0.05) is 0 Å². The second-order valence-corrected chi connectivity index (χ2v) is 4.09. The molecule has 1 aromatic rings. The van der Waals surface area contributed by atoms with Crippen LogP contribution in [0.4, 0.5) is 14.5 Å². The van der Waals surface area contributed by atoms with Crippen LogP contribution in [0.25, 0.3) is 0 Å². The average molecular weight is 227 g/mol. The summed E-state index contributed by atoms with van der Waals surface area (Å²) in [5, 5.41) is 2.99. The Morgan fingerprint density at radius 3 is 2.94 bits per heavy atom. The molecule has 0 bridgehead atoms. The zero-order valence-electron chi connectivity index (χ0n) is 9.01. The van der Waals surface area contributed by atoms with Gasteiger partial charge in [-0.25, -0.2) is 8.78 Å². The summed E-state index contributed by atoms with van der Waals surface area (Å²) in [6.45, 7) is 2.21. The first-order valence-electron chi connectivity index (χ1n) is 5.52. The van der Waals surface area contributed by atoms with E-state index in [1.807, 2.05) is 0 Å². The molecule has 1 heterocycles. The van der Waals surface area contributed by atoms with E-state index in [4.69, 9.17) is 4.74 Å². The Labute approximate surface area is 93.6 Å². The van der Waals surface area contributed by atoms with Crippen molar-refractivity contribution in [3.05, 3.63) is 29.8 Å². The molecule has 1 aliphatic rings. The maximum atomic E-state index is 13.3. The van der Waals surface area contributed by atoms with Gasteiger partial charge in [-0.2, -0.15) is 0 Å². The van der Waals surface area contributed by atoms with Crippen LogP contribution in [0.15, 0.2) is 18.2 Å². The van der Waals surface area contributed by atoms with Gasteiger partial charge in [0.25, 0.3) is 0 Å². The summed E-state index contributed by atoms with van der Waals surface area (Å²) >= 11 is 0. The second kappa shape index (κ2) is 5.25. The molecule has 0 aliphatic carbocycles. The number of benzene rings is 1.